The summed E-state index contributed by atoms with van der Waals surface area (Å²) in [6, 6.07) is 1.07. The summed E-state index contributed by atoms with van der Waals surface area (Å²) in [5.41, 5.74) is -3.89. The molecule has 1 saturated heterocycles. The molecule has 1 aromatic carbocycles. The minimum atomic E-state index is -4.81. The highest BCUT2D eigenvalue weighted by Gasteiger charge is 2.59. The molecule has 0 spiro atoms. The van der Waals surface area contributed by atoms with E-state index in [1.807, 2.05) is 0 Å². The highest BCUT2D eigenvalue weighted by atomic mass is 19.4. The molecule has 3 unspecified atom stereocenters. The molecular weight excluding hydrogens is 494 g/mol. The second-order valence-electron chi connectivity index (χ2n) is 9.12. The maximum atomic E-state index is 14.7. The molecule has 0 bridgehead atoms. The van der Waals surface area contributed by atoms with Gasteiger partial charge in [-0.25, -0.2) is 18.2 Å². The van der Waals surface area contributed by atoms with Crippen LogP contribution < -0.4 is 15.6 Å². The Labute approximate surface area is 199 Å². The van der Waals surface area contributed by atoms with E-state index < -0.39 is 57.9 Å². The summed E-state index contributed by atoms with van der Waals surface area (Å²) in [6.45, 7) is 1.36. The highest BCUT2D eigenvalue weighted by molar-refractivity contribution is 5.97. The van der Waals surface area contributed by atoms with Crippen molar-refractivity contribution in [3.05, 3.63) is 63.7 Å². The first-order valence-electron chi connectivity index (χ1n) is 10.8. The van der Waals surface area contributed by atoms with Crippen LogP contribution in [0.5, 0.6) is 0 Å². The lowest BCUT2D eigenvalue weighted by Gasteiger charge is -2.22. The van der Waals surface area contributed by atoms with Crippen LogP contribution in [0.2, 0.25) is 0 Å². The van der Waals surface area contributed by atoms with Crippen LogP contribution in [0, 0.1) is 23.4 Å². The van der Waals surface area contributed by atoms with Gasteiger partial charge in [0.25, 0.3) is 5.91 Å². The average Bonchev–Trinajstić information content (AvgIpc) is 3.29. The lowest BCUT2D eigenvalue weighted by molar-refractivity contribution is -0.149. The summed E-state index contributed by atoms with van der Waals surface area (Å²) >= 11 is 0. The molecule has 1 amide bonds. The Kier molecular flexibility index (Phi) is 5.32. The number of alkyl halides is 3. The van der Waals surface area contributed by atoms with Gasteiger partial charge in [0, 0.05) is 37.3 Å². The number of piperidine rings is 1. The van der Waals surface area contributed by atoms with Gasteiger partial charge in [-0.2, -0.15) is 13.2 Å². The first kappa shape index (κ1) is 24.1. The lowest BCUT2D eigenvalue weighted by atomic mass is 10.1. The van der Waals surface area contributed by atoms with E-state index >= 15 is 0 Å². The third-order valence-corrected chi connectivity index (χ3v) is 6.57. The van der Waals surface area contributed by atoms with E-state index in [1.54, 1.807) is 10.2 Å². The molecule has 2 aliphatic rings. The van der Waals surface area contributed by atoms with E-state index in [2.05, 4.69) is 4.98 Å². The van der Waals surface area contributed by atoms with Crippen LogP contribution >= 0.6 is 0 Å². The lowest BCUT2D eigenvalue weighted by Crippen LogP contribution is -2.44. The van der Waals surface area contributed by atoms with Crippen LogP contribution in [-0.2, 0) is 0 Å². The van der Waals surface area contributed by atoms with Crippen LogP contribution in [0.15, 0.2) is 35.3 Å². The van der Waals surface area contributed by atoms with Crippen LogP contribution in [0.3, 0.4) is 0 Å². The topological polar surface area (TPSA) is 87.5 Å². The number of nitrogens with one attached hydrogen (secondary N) is 1. The standard InChI is InChI=1S/C23H18F6N4O3/c1-10(23(27,28)29)30-21(35)14-8-33(18-15(25)4-12(24)5-16(18)26)20-13(19(14)34)2-3-17(31-20)32-7-11-6-22(11,36)9-32/h2-5,8,10-11,36H,6-7,9H2,1H3,(H,30,35). The molecule has 3 atom stereocenters. The molecule has 36 heavy (non-hydrogen) atoms. The summed E-state index contributed by atoms with van der Waals surface area (Å²) in [5.74, 6) is -5.13. The van der Waals surface area contributed by atoms with Crippen molar-refractivity contribution in [2.24, 2.45) is 5.92 Å². The summed E-state index contributed by atoms with van der Waals surface area (Å²) < 4.78 is 82.6. The minimum absolute atomic E-state index is 0.0332. The quantitative estimate of drug-likeness (QED) is 0.525. The van der Waals surface area contributed by atoms with Gasteiger partial charge >= 0.3 is 6.18 Å². The van der Waals surface area contributed by atoms with E-state index in [1.165, 1.54) is 12.1 Å². The zero-order valence-corrected chi connectivity index (χ0v) is 18.5. The largest absolute Gasteiger partial charge is 0.408 e. The van der Waals surface area contributed by atoms with Crippen molar-refractivity contribution in [2.75, 3.05) is 18.0 Å². The fraction of sp³-hybridized carbons (Fsp3) is 0.348. The molecule has 2 fully saturated rings. The van der Waals surface area contributed by atoms with Gasteiger partial charge in [-0.15, -0.1) is 0 Å². The SMILES string of the molecule is CC(NC(=O)c1cn(-c2c(F)cc(F)cc2F)c2nc(N3CC4CC4(O)C3)ccc2c1=O)C(F)(F)F. The number of hydrogen-bond donors (Lipinski definition) is 2. The van der Waals surface area contributed by atoms with Gasteiger partial charge < -0.3 is 15.3 Å². The van der Waals surface area contributed by atoms with Gasteiger partial charge in [-0.1, -0.05) is 0 Å². The molecule has 2 N–H and O–H groups in total. The van der Waals surface area contributed by atoms with Crippen molar-refractivity contribution in [2.45, 2.75) is 31.2 Å². The number of benzene rings is 1. The van der Waals surface area contributed by atoms with Gasteiger partial charge in [-0.3, -0.25) is 14.2 Å². The summed E-state index contributed by atoms with van der Waals surface area (Å²) in [7, 11) is 0. The Hall–Kier alpha value is -3.61. The number of amides is 1. The molecule has 1 aliphatic carbocycles. The fourth-order valence-electron chi connectivity index (χ4n) is 4.45. The number of carbonyl (C=O) groups is 1. The third kappa shape index (κ3) is 3.96. The summed E-state index contributed by atoms with van der Waals surface area (Å²) in [5, 5.41) is 11.7. The van der Waals surface area contributed by atoms with E-state index in [9.17, 15) is 41.0 Å². The van der Waals surface area contributed by atoms with Gasteiger partial charge in [0.05, 0.1) is 11.0 Å². The highest BCUT2D eigenvalue weighted by Crippen LogP contribution is 2.50. The van der Waals surface area contributed by atoms with E-state index in [0.717, 1.165) is 0 Å². The van der Waals surface area contributed by atoms with Crippen molar-refractivity contribution in [1.29, 1.82) is 0 Å². The number of β-amino-alcohol motifs (C(OH)–C–C–N with tert-alkyl or cyclic N) is 1. The number of aliphatic hydroxyl groups is 1. The number of halogens is 6. The number of anilines is 1. The van der Waals surface area contributed by atoms with Crippen LogP contribution in [-0.4, -0.2) is 51.5 Å². The van der Waals surface area contributed by atoms with Crippen molar-refractivity contribution < 1.29 is 36.2 Å². The van der Waals surface area contributed by atoms with Crippen molar-refractivity contribution in [1.82, 2.24) is 14.9 Å². The predicted octanol–water partition coefficient (Wildman–Crippen LogP) is 3.05. The van der Waals surface area contributed by atoms with Gasteiger partial charge in [0.2, 0.25) is 5.43 Å². The molecule has 13 heteroatoms. The Morgan fingerprint density at radius 3 is 2.47 bits per heavy atom. The second-order valence-corrected chi connectivity index (χ2v) is 9.12. The minimum Gasteiger partial charge on any atom is -0.388 e. The zero-order chi connectivity index (χ0) is 26.2. The van der Waals surface area contributed by atoms with Crippen molar-refractivity contribution in [3.8, 4) is 5.69 Å². The number of fused-ring (bicyclic) bond motifs is 2. The first-order chi connectivity index (χ1) is 16.8. The molecule has 3 aromatic rings. The number of rotatable bonds is 4. The molecule has 5 rings (SSSR count). The van der Waals surface area contributed by atoms with Gasteiger partial charge in [-0.05, 0) is 25.5 Å². The second kappa shape index (κ2) is 7.95. The number of aromatic nitrogens is 2. The number of carbonyl (C=O) groups excluding carboxylic acids is 1. The average molecular weight is 512 g/mol. The zero-order valence-electron chi connectivity index (χ0n) is 18.5. The predicted molar refractivity (Wildman–Crippen MR) is 115 cm³/mol. The fourth-order valence-corrected chi connectivity index (χ4v) is 4.45. The number of hydrogen-bond acceptors (Lipinski definition) is 5. The molecule has 0 radical (unpaired) electrons. The van der Waals surface area contributed by atoms with E-state index in [0.29, 0.717) is 42.8 Å². The van der Waals surface area contributed by atoms with Gasteiger partial charge in [0.15, 0.2) is 17.3 Å². The molecule has 3 heterocycles. The first-order valence-corrected chi connectivity index (χ1v) is 10.8. The Morgan fingerprint density at radius 2 is 1.89 bits per heavy atom. The Balaban J connectivity index is 1.69. The number of nitrogens with zero attached hydrogens (tertiary/aromatic N) is 3. The van der Waals surface area contributed by atoms with E-state index in [-0.39, 0.29) is 29.3 Å². The van der Waals surface area contributed by atoms with Gasteiger partial charge in [0.1, 0.15) is 28.9 Å². The van der Waals surface area contributed by atoms with Crippen LogP contribution in [0.1, 0.15) is 23.7 Å². The van der Waals surface area contributed by atoms with Crippen molar-refractivity contribution in [3.63, 3.8) is 0 Å². The maximum absolute atomic E-state index is 14.7. The Bertz CT molecular complexity index is 1450. The maximum Gasteiger partial charge on any atom is 0.408 e. The van der Waals surface area contributed by atoms with Crippen LogP contribution in [0.4, 0.5) is 32.2 Å². The smallest absolute Gasteiger partial charge is 0.388 e. The molecule has 2 aromatic heterocycles. The summed E-state index contributed by atoms with van der Waals surface area (Å²) in [4.78, 5) is 31.7. The summed E-state index contributed by atoms with van der Waals surface area (Å²) in [6.07, 6.45) is -3.51. The molecule has 190 valence electrons. The molecular formula is C23H18F6N4O3. The Morgan fingerprint density at radius 1 is 1.22 bits per heavy atom. The molecule has 1 saturated carbocycles. The van der Waals surface area contributed by atoms with Crippen LogP contribution in [0.25, 0.3) is 16.7 Å². The number of pyridine rings is 2. The normalized spacial score (nSPS) is 22.0. The molecule has 7 nitrogen and oxygen atoms in total. The van der Waals surface area contributed by atoms with E-state index in [4.69, 9.17) is 0 Å². The monoisotopic (exact) mass is 512 g/mol. The third-order valence-electron chi connectivity index (χ3n) is 6.57. The van der Waals surface area contributed by atoms with Crippen molar-refractivity contribution >= 4 is 22.8 Å². The molecule has 1 aliphatic heterocycles.